The Hall–Kier alpha value is -6.13. The summed E-state index contributed by atoms with van der Waals surface area (Å²) >= 11 is 0. The largest absolute Gasteiger partial charge is 0.455 e. The molecule has 210 valence electrons. The number of hydrogen-bond acceptors (Lipinski definition) is 4. The van der Waals surface area contributed by atoms with Crippen LogP contribution in [0.15, 0.2) is 156 Å². The lowest BCUT2D eigenvalue weighted by molar-refractivity contribution is 0.672. The van der Waals surface area contributed by atoms with Gasteiger partial charge in [-0.25, -0.2) is 15.0 Å². The van der Waals surface area contributed by atoms with Crippen LogP contribution in [0.25, 0.3) is 88.8 Å². The minimum absolute atomic E-state index is 0.610. The Balaban J connectivity index is 1.21. The fourth-order valence-corrected chi connectivity index (χ4v) is 6.26. The molecule has 0 unspecified atom stereocenters. The highest BCUT2D eigenvalue weighted by molar-refractivity contribution is 6.18. The van der Waals surface area contributed by atoms with Crippen LogP contribution >= 0.6 is 0 Å². The average Bonchev–Trinajstić information content (AvgIpc) is 3.51. The molecule has 0 aliphatic carbocycles. The number of furan rings is 1. The van der Waals surface area contributed by atoms with E-state index >= 15 is 0 Å². The predicted octanol–water partition coefficient (Wildman–Crippen LogP) is 10.7. The second kappa shape index (κ2) is 10.2. The Morgan fingerprint density at radius 2 is 1.00 bits per heavy atom. The summed E-state index contributed by atoms with van der Waals surface area (Å²) in [7, 11) is 0. The number of hydrogen-bond donors (Lipinski definition) is 0. The highest BCUT2D eigenvalue weighted by atomic mass is 16.3. The molecular weight excluding hydrogens is 550 g/mol. The van der Waals surface area contributed by atoms with Gasteiger partial charge in [0.05, 0.1) is 0 Å². The zero-order valence-electron chi connectivity index (χ0n) is 24.2. The first kappa shape index (κ1) is 25.4. The van der Waals surface area contributed by atoms with Crippen LogP contribution in [0.3, 0.4) is 0 Å². The van der Waals surface area contributed by atoms with E-state index in [0.717, 1.165) is 55.0 Å². The van der Waals surface area contributed by atoms with Crippen molar-refractivity contribution < 1.29 is 4.42 Å². The van der Waals surface area contributed by atoms with Gasteiger partial charge in [-0.3, -0.25) is 0 Å². The lowest BCUT2D eigenvalue weighted by Crippen LogP contribution is -2.00. The second-order valence-corrected chi connectivity index (χ2v) is 11.3. The van der Waals surface area contributed by atoms with Gasteiger partial charge in [0.1, 0.15) is 11.2 Å². The predicted molar refractivity (Wildman–Crippen MR) is 184 cm³/mol. The first-order chi connectivity index (χ1) is 22.3. The van der Waals surface area contributed by atoms with E-state index in [2.05, 4.69) is 97.1 Å². The molecule has 7 aromatic carbocycles. The molecule has 0 aliphatic heterocycles. The second-order valence-electron chi connectivity index (χ2n) is 11.3. The van der Waals surface area contributed by atoms with Gasteiger partial charge in [-0.1, -0.05) is 133 Å². The summed E-state index contributed by atoms with van der Waals surface area (Å²) in [5.41, 5.74) is 6.77. The first-order valence-corrected chi connectivity index (χ1v) is 15.0. The van der Waals surface area contributed by atoms with Crippen LogP contribution in [-0.4, -0.2) is 15.0 Å². The lowest BCUT2D eigenvalue weighted by atomic mass is 10.00. The molecule has 0 spiro atoms. The zero-order valence-corrected chi connectivity index (χ0v) is 24.2. The third-order valence-electron chi connectivity index (χ3n) is 8.52. The molecule has 45 heavy (non-hydrogen) atoms. The summed E-state index contributed by atoms with van der Waals surface area (Å²) in [5, 5.41) is 6.74. The van der Waals surface area contributed by atoms with Crippen LogP contribution in [0.1, 0.15) is 0 Å². The Morgan fingerprint density at radius 3 is 1.82 bits per heavy atom. The molecule has 0 N–H and O–H groups in total. The summed E-state index contributed by atoms with van der Waals surface area (Å²) in [6.45, 7) is 0. The molecular formula is C41H25N3O. The van der Waals surface area contributed by atoms with Gasteiger partial charge in [0, 0.05) is 32.8 Å². The number of rotatable bonds is 4. The Labute approximate surface area is 259 Å². The van der Waals surface area contributed by atoms with Gasteiger partial charge in [0.2, 0.25) is 0 Å². The van der Waals surface area contributed by atoms with Crippen molar-refractivity contribution in [2.45, 2.75) is 0 Å². The third-order valence-corrected chi connectivity index (χ3v) is 8.52. The van der Waals surface area contributed by atoms with Crippen LogP contribution in [-0.2, 0) is 0 Å². The van der Waals surface area contributed by atoms with Gasteiger partial charge in [0.15, 0.2) is 17.5 Å². The molecule has 0 radical (unpaired) electrons. The van der Waals surface area contributed by atoms with Crippen LogP contribution in [0.2, 0.25) is 0 Å². The van der Waals surface area contributed by atoms with Crippen LogP contribution in [0.5, 0.6) is 0 Å². The smallest absolute Gasteiger partial charge is 0.164 e. The van der Waals surface area contributed by atoms with Gasteiger partial charge >= 0.3 is 0 Å². The van der Waals surface area contributed by atoms with Crippen molar-refractivity contribution in [3.63, 3.8) is 0 Å². The van der Waals surface area contributed by atoms with Crippen molar-refractivity contribution in [3.05, 3.63) is 152 Å². The van der Waals surface area contributed by atoms with E-state index in [-0.39, 0.29) is 0 Å². The van der Waals surface area contributed by atoms with Gasteiger partial charge in [-0.15, -0.1) is 0 Å². The molecule has 2 heterocycles. The summed E-state index contributed by atoms with van der Waals surface area (Å²) in [6, 6.07) is 52.3. The average molecular weight is 576 g/mol. The van der Waals surface area contributed by atoms with Crippen molar-refractivity contribution >= 4 is 43.5 Å². The zero-order chi connectivity index (χ0) is 29.7. The quantitative estimate of drug-likeness (QED) is 0.209. The summed E-state index contributed by atoms with van der Waals surface area (Å²) in [5.74, 6) is 1.86. The standard InChI is InChI=1S/C41H25N3O/c1-2-11-29(12-3-1)39-42-40(30-20-17-27(18-21-30)32-22-19-26-9-4-5-13-31(26)25-32)44-41(43-39)35-15-8-16-36-37(35)34-24-23-28-10-6-7-14-33(28)38(34)45-36/h1-25H. The Bertz CT molecular complexity index is 2530. The molecule has 0 bridgehead atoms. The number of fused-ring (bicyclic) bond motifs is 6. The highest BCUT2D eigenvalue weighted by Gasteiger charge is 2.18. The molecule has 9 aromatic rings. The molecule has 9 rings (SSSR count). The van der Waals surface area contributed by atoms with Crippen molar-refractivity contribution in [2.75, 3.05) is 0 Å². The topological polar surface area (TPSA) is 51.8 Å². The lowest BCUT2D eigenvalue weighted by Gasteiger charge is -2.10. The van der Waals surface area contributed by atoms with E-state index in [4.69, 9.17) is 19.4 Å². The molecule has 4 nitrogen and oxygen atoms in total. The molecule has 0 fully saturated rings. The fourth-order valence-electron chi connectivity index (χ4n) is 6.26. The van der Waals surface area contributed by atoms with Gasteiger partial charge in [0.25, 0.3) is 0 Å². The van der Waals surface area contributed by atoms with E-state index in [9.17, 15) is 0 Å². The maximum Gasteiger partial charge on any atom is 0.164 e. The number of nitrogens with zero attached hydrogens (tertiary/aromatic N) is 3. The summed E-state index contributed by atoms with van der Waals surface area (Å²) < 4.78 is 6.47. The Morgan fingerprint density at radius 1 is 0.378 bits per heavy atom. The molecule has 2 aromatic heterocycles. The van der Waals surface area contributed by atoms with E-state index in [1.165, 1.54) is 16.3 Å². The first-order valence-electron chi connectivity index (χ1n) is 15.0. The Kier molecular flexibility index (Phi) is 5.78. The maximum atomic E-state index is 6.47. The fraction of sp³-hybridized carbons (Fsp3) is 0. The van der Waals surface area contributed by atoms with Crippen LogP contribution in [0, 0.1) is 0 Å². The van der Waals surface area contributed by atoms with Gasteiger partial charge in [-0.2, -0.15) is 0 Å². The maximum absolute atomic E-state index is 6.47. The molecule has 0 atom stereocenters. The number of benzene rings is 7. The summed E-state index contributed by atoms with van der Waals surface area (Å²) in [4.78, 5) is 15.1. The van der Waals surface area contributed by atoms with E-state index in [0.29, 0.717) is 17.5 Å². The van der Waals surface area contributed by atoms with Gasteiger partial charge < -0.3 is 4.42 Å². The van der Waals surface area contributed by atoms with Crippen molar-refractivity contribution in [3.8, 4) is 45.3 Å². The third kappa shape index (κ3) is 4.35. The van der Waals surface area contributed by atoms with Crippen LogP contribution < -0.4 is 0 Å². The van der Waals surface area contributed by atoms with E-state index in [1.54, 1.807) is 0 Å². The van der Waals surface area contributed by atoms with Crippen molar-refractivity contribution in [1.29, 1.82) is 0 Å². The monoisotopic (exact) mass is 575 g/mol. The molecule has 0 aliphatic rings. The van der Waals surface area contributed by atoms with Gasteiger partial charge in [-0.05, 0) is 45.5 Å². The molecule has 0 saturated heterocycles. The molecule has 0 amide bonds. The normalized spacial score (nSPS) is 11.6. The highest BCUT2D eigenvalue weighted by Crippen LogP contribution is 2.39. The van der Waals surface area contributed by atoms with E-state index < -0.39 is 0 Å². The van der Waals surface area contributed by atoms with E-state index in [1.807, 2.05) is 54.6 Å². The number of aromatic nitrogens is 3. The minimum Gasteiger partial charge on any atom is -0.455 e. The van der Waals surface area contributed by atoms with Crippen molar-refractivity contribution in [2.24, 2.45) is 0 Å². The SMILES string of the molecule is c1ccc(-c2nc(-c3ccc(-c4ccc5ccccc5c4)cc3)nc(-c3cccc4oc5c6ccccc6ccc5c34)n2)cc1. The minimum atomic E-state index is 0.610. The van der Waals surface area contributed by atoms with Crippen LogP contribution in [0.4, 0.5) is 0 Å². The molecule has 4 heteroatoms. The van der Waals surface area contributed by atoms with Crippen molar-refractivity contribution in [1.82, 2.24) is 15.0 Å². The summed E-state index contributed by atoms with van der Waals surface area (Å²) in [6.07, 6.45) is 0. The molecule has 0 saturated carbocycles.